The van der Waals surface area contributed by atoms with Gasteiger partial charge in [-0.3, -0.25) is 14.9 Å². The number of nitrogen functional groups attached to an aromatic ring is 1. The molecule has 22 heavy (non-hydrogen) atoms. The van der Waals surface area contributed by atoms with E-state index in [-0.39, 0.29) is 5.82 Å². The van der Waals surface area contributed by atoms with Crippen molar-refractivity contribution < 1.29 is 4.92 Å². The van der Waals surface area contributed by atoms with E-state index in [1.807, 2.05) is 0 Å². The van der Waals surface area contributed by atoms with Crippen molar-refractivity contribution in [1.29, 1.82) is 0 Å². The lowest BCUT2D eigenvalue weighted by Gasteiger charge is -2.20. The van der Waals surface area contributed by atoms with Gasteiger partial charge in [-0.25, -0.2) is 0 Å². The second kappa shape index (κ2) is 5.99. The van der Waals surface area contributed by atoms with E-state index in [4.69, 9.17) is 5.73 Å². The minimum Gasteiger partial charge on any atom is -0.378 e. The molecule has 0 aromatic carbocycles. The zero-order valence-corrected chi connectivity index (χ0v) is 12.8. The summed E-state index contributed by atoms with van der Waals surface area (Å²) >= 11 is 1.27. The van der Waals surface area contributed by atoms with E-state index in [9.17, 15) is 14.9 Å². The van der Waals surface area contributed by atoms with Crippen molar-refractivity contribution in [2.45, 2.75) is 44.9 Å². The SMILES string of the molecule is Nc1nc2sc(CCC3CCCCC3)nn2c(=O)c1[N+](=O)[O-]. The Hall–Kier alpha value is -2.03. The van der Waals surface area contributed by atoms with Crippen LogP contribution in [-0.2, 0) is 6.42 Å². The molecule has 1 saturated carbocycles. The first-order valence-electron chi connectivity index (χ1n) is 7.39. The molecule has 118 valence electrons. The molecule has 8 nitrogen and oxygen atoms in total. The first kappa shape index (κ1) is 14.9. The Labute approximate surface area is 130 Å². The normalized spacial score (nSPS) is 16.2. The Kier molecular flexibility index (Phi) is 4.06. The van der Waals surface area contributed by atoms with Crippen LogP contribution in [0.2, 0.25) is 0 Å². The number of fused-ring (bicyclic) bond motifs is 1. The summed E-state index contributed by atoms with van der Waals surface area (Å²) in [5.74, 6) is 0.363. The summed E-state index contributed by atoms with van der Waals surface area (Å²) in [6, 6.07) is 0. The molecule has 0 spiro atoms. The van der Waals surface area contributed by atoms with Gasteiger partial charge in [0.05, 0.1) is 4.92 Å². The van der Waals surface area contributed by atoms with E-state index in [1.54, 1.807) is 0 Å². The van der Waals surface area contributed by atoms with Crippen LogP contribution >= 0.6 is 11.3 Å². The third-order valence-electron chi connectivity index (χ3n) is 4.13. The maximum Gasteiger partial charge on any atom is 0.377 e. The number of hydrogen-bond acceptors (Lipinski definition) is 7. The molecule has 2 heterocycles. The molecule has 0 saturated heterocycles. The summed E-state index contributed by atoms with van der Waals surface area (Å²) in [5.41, 5.74) is 3.98. The fraction of sp³-hybridized carbons (Fsp3) is 0.615. The highest BCUT2D eigenvalue weighted by atomic mass is 32.1. The monoisotopic (exact) mass is 323 g/mol. The molecule has 1 aliphatic rings. The molecule has 9 heteroatoms. The van der Waals surface area contributed by atoms with E-state index < -0.39 is 16.2 Å². The molecule has 0 aliphatic heterocycles. The van der Waals surface area contributed by atoms with Crippen molar-refractivity contribution in [2.24, 2.45) is 5.92 Å². The molecule has 0 atom stereocenters. The first-order valence-corrected chi connectivity index (χ1v) is 8.20. The summed E-state index contributed by atoms with van der Waals surface area (Å²) < 4.78 is 0.995. The lowest BCUT2D eigenvalue weighted by atomic mass is 9.86. The standard InChI is InChI=1S/C13H17N5O3S/c14-11-10(18(20)21)12(19)17-13(15-11)22-9(16-17)7-6-8-4-2-1-3-5-8/h8H,1-7,14H2. The molecule has 0 unspecified atom stereocenters. The van der Waals surface area contributed by atoms with Gasteiger partial charge in [-0.15, -0.1) is 0 Å². The molecule has 2 aromatic rings. The summed E-state index contributed by atoms with van der Waals surface area (Å²) in [4.78, 5) is 26.4. The number of nitro groups is 1. The number of aromatic nitrogens is 3. The summed E-state index contributed by atoms with van der Waals surface area (Å²) in [6.45, 7) is 0. The Bertz CT molecular complexity index is 763. The minimum atomic E-state index is -0.812. The van der Waals surface area contributed by atoms with Gasteiger partial charge in [0, 0.05) is 6.42 Å². The molecular formula is C13H17N5O3S. The predicted octanol–water partition coefficient (Wildman–Crippen LogP) is 2.15. The van der Waals surface area contributed by atoms with Crippen LogP contribution in [0.25, 0.3) is 4.96 Å². The molecule has 2 aromatic heterocycles. The van der Waals surface area contributed by atoms with Crippen LogP contribution in [0.5, 0.6) is 0 Å². The van der Waals surface area contributed by atoms with E-state index >= 15 is 0 Å². The van der Waals surface area contributed by atoms with Gasteiger partial charge < -0.3 is 5.73 Å². The number of anilines is 1. The molecular weight excluding hydrogens is 306 g/mol. The number of nitrogens with two attached hydrogens (primary N) is 1. The predicted molar refractivity (Wildman–Crippen MR) is 83.1 cm³/mol. The molecule has 2 N–H and O–H groups in total. The quantitative estimate of drug-likeness (QED) is 0.680. The van der Waals surface area contributed by atoms with Crippen molar-refractivity contribution in [2.75, 3.05) is 5.73 Å². The van der Waals surface area contributed by atoms with Gasteiger partial charge in [-0.1, -0.05) is 43.4 Å². The van der Waals surface area contributed by atoms with Gasteiger partial charge in [-0.05, 0) is 12.3 Å². The molecule has 3 rings (SSSR count). The van der Waals surface area contributed by atoms with Crippen molar-refractivity contribution in [3.05, 3.63) is 25.5 Å². The van der Waals surface area contributed by atoms with Gasteiger partial charge >= 0.3 is 11.2 Å². The van der Waals surface area contributed by atoms with Crippen LogP contribution in [0.15, 0.2) is 4.79 Å². The van der Waals surface area contributed by atoms with Crippen molar-refractivity contribution in [3.8, 4) is 0 Å². The molecule has 0 amide bonds. The zero-order valence-electron chi connectivity index (χ0n) is 12.0. The smallest absolute Gasteiger partial charge is 0.377 e. The molecule has 1 fully saturated rings. The topological polar surface area (TPSA) is 116 Å². The third-order valence-corrected chi connectivity index (χ3v) is 5.10. The van der Waals surface area contributed by atoms with Crippen LogP contribution in [0.1, 0.15) is 43.5 Å². The Morgan fingerprint density at radius 2 is 2.09 bits per heavy atom. The van der Waals surface area contributed by atoms with Crippen molar-refractivity contribution in [1.82, 2.24) is 14.6 Å². The van der Waals surface area contributed by atoms with E-state index in [0.29, 0.717) is 10.9 Å². The highest BCUT2D eigenvalue weighted by Crippen LogP contribution is 2.28. The van der Waals surface area contributed by atoms with Crippen LogP contribution in [0.4, 0.5) is 11.5 Å². The fourth-order valence-corrected chi connectivity index (χ4v) is 3.88. The van der Waals surface area contributed by atoms with Crippen molar-refractivity contribution >= 4 is 27.8 Å². The van der Waals surface area contributed by atoms with Crippen LogP contribution in [-0.4, -0.2) is 19.5 Å². The van der Waals surface area contributed by atoms with Gasteiger partial charge in [0.25, 0.3) is 0 Å². The number of nitrogens with zero attached hydrogens (tertiary/aromatic N) is 4. The first-order chi connectivity index (χ1) is 10.6. The second-order valence-electron chi connectivity index (χ2n) is 5.64. The van der Waals surface area contributed by atoms with Gasteiger partial charge in [0.2, 0.25) is 10.8 Å². The van der Waals surface area contributed by atoms with Crippen molar-refractivity contribution in [3.63, 3.8) is 0 Å². The lowest BCUT2D eigenvalue weighted by Crippen LogP contribution is -2.20. The highest BCUT2D eigenvalue weighted by Gasteiger charge is 2.23. The van der Waals surface area contributed by atoms with E-state index in [1.165, 1.54) is 43.4 Å². The van der Waals surface area contributed by atoms with E-state index in [2.05, 4.69) is 10.1 Å². The summed E-state index contributed by atoms with van der Waals surface area (Å²) in [6.07, 6.45) is 8.20. The maximum absolute atomic E-state index is 12.1. The maximum atomic E-state index is 12.1. The van der Waals surface area contributed by atoms with Crippen LogP contribution in [0.3, 0.4) is 0 Å². The van der Waals surface area contributed by atoms with E-state index in [0.717, 1.165) is 22.4 Å². The Morgan fingerprint density at radius 1 is 1.36 bits per heavy atom. The summed E-state index contributed by atoms with van der Waals surface area (Å²) in [7, 11) is 0. The number of rotatable bonds is 4. The Balaban J connectivity index is 1.85. The average molecular weight is 323 g/mol. The molecule has 0 bridgehead atoms. The van der Waals surface area contributed by atoms with Crippen LogP contribution < -0.4 is 11.3 Å². The van der Waals surface area contributed by atoms with Crippen LogP contribution in [0, 0.1) is 16.0 Å². The number of aryl methyl sites for hydroxylation is 1. The highest BCUT2D eigenvalue weighted by molar-refractivity contribution is 7.16. The number of hydrogen-bond donors (Lipinski definition) is 1. The third kappa shape index (κ3) is 2.80. The fourth-order valence-electron chi connectivity index (χ4n) is 2.97. The summed E-state index contributed by atoms with van der Waals surface area (Å²) in [5, 5.41) is 15.8. The molecule has 1 aliphatic carbocycles. The van der Waals surface area contributed by atoms with Gasteiger partial charge in [0.15, 0.2) is 0 Å². The minimum absolute atomic E-state index is 0.312. The largest absolute Gasteiger partial charge is 0.378 e. The average Bonchev–Trinajstić information content (AvgIpc) is 2.89. The lowest BCUT2D eigenvalue weighted by molar-refractivity contribution is -0.385. The Morgan fingerprint density at radius 3 is 2.77 bits per heavy atom. The zero-order chi connectivity index (χ0) is 15.7. The van der Waals surface area contributed by atoms with Gasteiger partial charge in [-0.2, -0.15) is 14.6 Å². The van der Waals surface area contributed by atoms with Gasteiger partial charge in [0.1, 0.15) is 5.01 Å². The second-order valence-corrected chi connectivity index (χ2v) is 6.68. The molecule has 0 radical (unpaired) electrons.